The molecule has 0 aromatic heterocycles. The second kappa shape index (κ2) is 51.2. The summed E-state index contributed by atoms with van der Waals surface area (Å²) in [4.78, 5) is 51.1. The Morgan fingerprint density at radius 3 is 1.27 bits per heavy atom. The Labute approximate surface area is 456 Å². The maximum Gasteiger partial charge on any atom is 0.335 e. The van der Waals surface area contributed by atoms with Crippen LogP contribution < -0.4 is 0 Å². The predicted molar refractivity (Wildman–Crippen MR) is 303 cm³/mol. The van der Waals surface area contributed by atoms with Gasteiger partial charge in [-0.3, -0.25) is 14.4 Å². The fraction of sp³-hybridized carbons (Fsp3) is 0.778. The van der Waals surface area contributed by atoms with E-state index < -0.39 is 67.3 Å². The molecule has 1 fully saturated rings. The van der Waals surface area contributed by atoms with E-state index >= 15 is 0 Å². The highest BCUT2D eigenvalue weighted by Crippen LogP contribution is 2.26. The molecule has 1 saturated heterocycles. The predicted octanol–water partition coefficient (Wildman–Crippen LogP) is 15.6. The number of allylic oxidation sites excluding steroid dienone is 10. The number of carbonyl (C=O) groups is 4. The fourth-order valence-corrected chi connectivity index (χ4v) is 8.99. The number of ether oxygens (including phenoxy) is 5. The van der Waals surface area contributed by atoms with E-state index in [4.69, 9.17) is 23.7 Å². The van der Waals surface area contributed by atoms with Crippen LogP contribution in [0, 0.1) is 0 Å². The summed E-state index contributed by atoms with van der Waals surface area (Å²) in [6, 6.07) is 0. The zero-order chi connectivity index (χ0) is 54.7. The summed E-state index contributed by atoms with van der Waals surface area (Å²) in [5, 5.41) is 31.5. The number of carboxylic acids is 1. The van der Waals surface area contributed by atoms with Crippen molar-refractivity contribution < 1.29 is 58.2 Å². The third-order valence-electron chi connectivity index (χ3n) is 13.6. The number of hydrogen-bond acceptors (Lipinski definition) is 11. The van der Waals surface area contributed by atoms with Crippen LogP contribution in [0.3, 0.4) is 0 Å². The molecule has 12 nitrogen and oxygen atoms in total. The molecule has 0 bridgehead atoms. The van der Waals surface area contributed by atoms with Gasteiger partial charge in [-0.15, -0.1) is 0 Å². The summed E-state index contributed by atoms with van der Waals surface area (Å²) in [5.41, 5.74) is 0. The van der Waals surface area contributed by atoms with Crippen molar-refractivity contribution in [3.8, 4) is 0 Å². The summed E-state index contributed by atoms with van der Waals surface area (Å²) in [7, 11) is 0. The van der Waals surface area contributed by atoms with Crippen LogP contribution in [0.2, 0.25) is 0 Å². The molecule has 6 atom stereocenters. The Bertz CT molecular complexity index is 1540. The topological polar surface area (TPSA) is 175 Å². The molecule has 0 radical (unpaired) electrons. The third kappa shape index (κ3) is 41.2. The van der Waals surface area contributed by atoms with Gasteiger partial charge in [-0.1, -0.05) is 248 Å². The Kier molecular flexibility index (Phi) is 47.4. The molecule has 0 saturated carbocycles. The average Bonchev–Trinajstić information content (AvgIpc) is 3.39. The van der Waals surface area contributed by atoms with Crippen molar-refractivity contribution in [2.75, 3.05) is 13.2 Å². The lowest BCUT2D eigenvalue weighted by Gasteiger charge is -2.40. The summed E-state index contributed by atoms with van der Waals surface area (Å²) in [6.07, 6.45) is 50.5. The number of esters is 3. The van der Waals surface area contributed by atoms with Crippen LogP contribution in [-0.4, -0.2) is 89.2 Å². The lowest BCUT2D eigenvalue weighted by Crippen LogP contribution is -2.61. The van der Waals surface area contributed by atoms with Gasteiger partial charge >= 0.3 is 23.9 Å². The van der Waals surface area contributed by atoms with Crippen molar-refractivity contribution in [3.05, 3.63) is 60.8 Å². The third-order valence-corrected chi connectivity index (χ3v) is 13.6. The van der Waals surface area contributed by atoms with Crippen LogP contribution in [-0.2, 0) is 42.9 Å². The van der Waals surface area contributed by atoms with E-state index in [0.29, 0.717) is 25.7 Å². The van der Waals surface area contributed by atoms with Crippen molar-refractivity contribution in [3.63, 3.8) is 0 Å². The van der Waals surface area contributed by atoms with Crippen LogP contribution in [0.25, 0.3) is 0 Å². The number of rotatable bonds is 51. The quantitative estimate of drug-likeness (QED) is 0.0228. The second-order valence-corrected chi connectivity index (χ2v) is 20.6. The standard InChI is InChI=1S/C63H108O12/c1-4-7-10-13-16-19-22-25-27-28-30-33-36-39-42-45-48-51-57(66)74-61-59(68)58(67)60(62(69)70)75-63(61)72-53-54(73-56(65)50-47-44-41-38-35-31-24-21-18-15-12-9-6-3)52-71-55(64)49-46-43-40-37-34-32-29-26-23-20-17-14-11-8-5-2/h7,10,16,19,25,27,30,33,39,42,54,58-61,63,67-68H,4-6,8-9,11-15,17-18,20-24,26,28-29,31-32,34-38,40-41,43-53H2,1-3H3,(H,69,70)/b10-7-,19-16-,27-25-,33-30-,42-39-. The van der Waals surface area contributed by atoms with Crippen molar-refractivity contribution in [2.45, 2.75) is 302 Å². The zero-order valence-electron chi connectivity index (χ0n) is 47.5. The van der Waals surface area contributed by atoms with Gasteiger partial charge < -0.3 is 39.0 Å². The minimum atomic E-state index is -1.92. The van der Waals surface area contributed by atoms with E-state index in [-0.39, 0.29) is 25.9 Å². The van der Waals surface area contributed by atoms with Gasteiger partial charge in [0.1, 0.15) is 18.8 Å². The zero-order valence-corrected chi connectivity index (χ0v) is 47.5. The maximum absolute atomic E-state index is 13.1. The molecule has 432 valence electrons. The first-order valence-corrected chi connectivity index (χ1v) is 30.3. The number of unbranched alkanes of at least 4 members (excludes halogenated alkanes) is 27. The van der Waals surface area contributed by atoms with Crippen LogP contribution in [0.15, 0.2) is 60.8 Å². The Hall–Kier alpha value is -3.58. The van der Waals surface area contributed by atoms with Gasteiger partial charge in [-0.05, 0) is 57.8 Å². The number of aliphatic hydroxyl groups is 2. The molecule has 0 aromatic carbocycles. The molecule has 0 spiro atoms. The van der Waals surface area contributed by atoms with Crippen LogP contribution >= 0.6 is 0 Å². The highest BCUT2D eigenvalue weighted by atomic mass is 16.7. The van der Waals surface area contributed by atoms with E-state index in [1.807, 2.05) is 12.2 Å². The normalized spacial score (nSPS) is 18.5. The number of hydrogen-bond donors (Lipinski definition) is 3. The smallest absolute Gasteiger partial charge is 0.335 e. The van der Waals surface area contributed by atoms with Gasteiger partial charge in [0.25, 0.3) is 0 Å². The first kappa shape index (κ1) is 69.4. The summed E-state index contributed by atoms with van der Waals surface area (Å²) >= 11 is 0. The highest BCUT2D eigenvalue weighted by Gasteiger charge is 2.50. The molecule has 1 aliphatic rings. The summed E-state index contributed by atoms with van der Waals surface area (Å²) < 4.78 is 28.4. The van der Waals surface area contributed by atoms with Crippen LogP contribution in [0.1, 0.15) is 265 Å². The Balaban J connectivity index is 2.71. The number of aliphatic hydroxyl groups excluding tert-OH is 2. The number of carbonyl (C=O) groups excluding carboxylic acids is 3. The van der Waals surface area contributed by atoms with Gasteiger partial charge in [-0.2, -0.15) is 0 Å². The van der Waals surface area contributed by atoms with Crippen LogP contribution in [0.5, 0.6) is 0 Å². The lowest BCUT2D eigenvalue weighted by atomic mass is 9.98. The van der Waals surface area contributed by atoms with Crippen molar-refractivity contribution in [1.29, 1.82) is 0 Å². The molecule has 0 amide bonds. The molecule has 75 heavy (non-hydrogen) atoms. The lowest BCUT2D eigenvalue weighted by molar-refractivity contribution is -0.301. The van der Waals surface area contributed by atoms with E-state index in [1.54, 1.807) is 0 Å². The molecule has 0 aromatic rings. The molecule has 6 unspecified atom stereocenters. The molecule has 1 heterocycles. The minimum absolute atomic E-state index is 0.0164. The van der Waals surface area contributed by atoms with E-state index in [1.165, 1.54) is 128 Å². The highest BCUT2D eigenvalue weighted by molar-refractivity contribution is 5.74. The average molecular weight is 1060 g/mol. The molecule has 1 aliphatic heterocycles. The first-order chi connectivity index (χ1) is 36.6. The monoisotopic (exact) mass is 1060 g/mol. The van der Waals surface area contributed by atoms with Gasteiger partial charge in [0, 0.05) is 19.3 Å². The largest absolute Gasteiger partial charge is 0.479 e. The van der Waals surface area contributed by atoms with E-state index in [9.17, 15) is 34.5 Å². The summed E-state index contributed by atoms with van der Waals surface area (Å²) in [6.45, 7) is 5.87. The van der Waals surface area contributed by atoms with Gasteiger partial charge in [0.15, 0.2) is 24.6 Å². The summed E-state index contributed by atoms with van der Waals surface area (Å²) in [5.74, 6) is -3.18. The SMILES string of the molecule is CC/C=C\C/C=C\C/C=C\C/C=C\C/C=C\CCCC(=O)OC1C(OCC(COC(=O)CCCCCCCCCCCCCCCCC)OC(=O)CCCCCCCCCCCCCCC)OC(C(=O)O)C(O)C1O. The number of aliphatic carboxylic acids is 1. The molecular weight excluding hydrogens is 949 g/mol. The van der Waals surface area contributed by atoms with Crippen molar-refractivity contribution in [2.24, 2.45) is 0 Å². The van der Waals surface area contributed by atoms with E-state index in [2.05, 4.69) is 69.4 Å². The maximum atomic E-state index is 13.1. The van der Waals surface area contributed by atoms with Gasteiger partial charge in [0.2, 0.25) is 0 Å². The van der Waals surface area contributed by atoms with Gasteiger partial charge in [0.05, 0.1) is 6.61 Å². The van der Waals surface area contributed by atoms with E-state index in [0.717, 1.165) is 70.6 Å². The Morgan fingerprint density at radius 1 is 0.453 bits per heavy atom. The minimum Gasteiger partial charge on any atom is -0.479 e. The Morgan fingerprint density at radius 2 is 0.840 bits per heavy atom. The molecule has 12 heteroatoms. The van der Waals surface area contributed by atoms with Crippen molar-refractivity contribution in [1.82, 2.24) is 0 Å². The number of carboxylic acid groups (broad SMARTS) is 1. The van der Waals surface area contributed by atoms with Crippen LogP contribution in [0.4, 0.5) is 0 Å². The molecule has 0 aliphatic carbocycles. The van der Waals surface area contributed by atoms with Gasteiger partial charge in [-0.25, -0.2) is 4.79 Å². The molecular formula is C63H108O12. The molecule has 1 rings (SSSR count). The molecule has 3 N–H and O–H groups in total. The second-order valence-electron chi connectivity index (χ2n) is 20.6. The van der Waals surface area contributed by atoms with Crippen molar-refractivity contribution >= 4 is 23.9 Å². The fourth-order valence-electron chi connectivity index (χ4n) is 8.99. The first-order valence-electron chi connectivity index (χ1n) is 30.3.